The third-order valence-corrected chi connectivity index (χ3v) is 10.9. The predicted octanol–water partition coefficient (Wildman–Crippen LogP) is 5.94. The molecule has 9 atom stereocenters. The first-order valence-electron chi connectivity index (χ1n) is 20.0. The molecule has 1 aliphatic carbocycles. The number of hydrogen-bond acceptors (Lipinski definition) is 10. The minimum Gasteiger partial charge on any atom is -0.391 e. The third kappa shape index (κ3) is 21.1. The molecule has 0 aromatic rings. The molecule has 0 bridgehead atoms. The topological polar surface area (TPSA) is 206 Å². The summed E-state index contributed by atoms with van der Waals surface area (Å²) in [4.78, 5) is 23.2. The fraction of sp³-hybridized carbons (Fsp3) is 0.973. The van der Waals surface area contributed by atoms with E-state index in [0.29, 0.717) is 19.3 Å². The van der Waals surface area contributed by atoms with Gasteiger partial charge < -0.3 is 40.8 Å². The summed E-state index contributed by atoms with van der Waals surface area (Å²) in [6.07, 6.45) is 14.4. The molecular formula is C37H74NO11P. The summed E-state index contributed by atoms with van der Waals surface area (Å²) in [7, 11) is -5.04. The molecule has 1 aliphatic rings. The van der Waals surface area contributed by atoms with Gasteiger partial charge in [-0.15, -0.1) is 0 Å². The zero-order valence-electron chi connectivity index (χ0n) is 31.2. The van der Waals surface area contributed by atoms with Gasteiger partial charge in [0.05, 0.1) is 18.8 Å². The monoisotopic (exact) mass is 739 g/mol. The lowest BCUT2D eigenvalue weighted by Crippen LogP contribution is -2.64. The van der Waals surface area contributed by atoms with Gasteiger partial charge in [-0.05, 0) is 12.8 Å². The van der Waals surface area contributed by atoms with Crippen LogP contribution in [-0.4, -0.2) is 96.8 Å². The van der Waals surface area contributed by atoms with Gasteiger partial charge in [0.15, 0.2) is 0 Å². The van der Waals surface area contributed by atoms with E-state index in [0.717, 1.165) is 38.5 Å². The van der Waals surface area contributed by atoms with Gasteiger partial charge >= 0.3 is 7.82 Å². The molecule has 0 aliphatic heterocycles. The lowest BCUT2D eigenvalue weighted by atomic mass is 9.85. The van der Waals surface area contributed by atoms with Gasteiger partial charge in [0, 0.05) is 6.42 Å². The Hall–Kier alpha value is -0.660. The van der Waals surface area contributed by atoms with Gasteiger partial charge in [0.1, 0.15) is 36.6 Å². The van der Waals surface area contributed by atoms with Crippen LogP contribution in [0.1, 0.15) is 174 Å². The number of aliphatic hydroxyl groups is 6. The van der Waals surface area contributed by atoms with Crippen molar-refractivity contribution in [3.05, 3.63) is 0 Å². The number of phosphoric ester groups is 1. The Kier molecular flexibility index (Phi) is 27.3. The van der Waals surface area contributed by atoms with Gasteiger partial charge in [-0.3, -0.25) is 13.8 Å². The summed E-state index contributed by atoms with van der Waals surface area (Å²) in [5.41, 5.74) is 0. The number of aliphatic hydroxyl groups excluding tert-OH is 6. The van der Waals surface area contributed by atoms with Crippen LogP contribution < -0.4 is 5.32 Å². The fourth-order valence-corrected chi connectivity index (χ4v) is 7.52. The summed E-state index contributed by atoms with van der Waals surface area (Å²) < 4.78 is 22.8. The van der Waals surface area contributed by atoms with Crippen molar-refractivity contribution in [3.63, 3.8) is 0 Å². The Bertz CT molecular complexity index is 868. The second-order valence-electron chi connectivity index (χ2n) is 14.5. The van der Waals surface area contributed by atoms with E-state index in [4.69, 9.17) is 9.05 Å². The Morgan fingerprint density at radius 1 is 0.600 bits per heavy atom. The van der Waals surface area contributed by atoms with Gasteiger partial charge in [-0.25, -0.2) is 4.57 Å². The molecule has 8 N–H and O–H groups in total. The molecule has 13 heteroatoms. The number of hydrogen-bond donors (Lipinski definition) is 8. The normalized spacial score (nSPS) is 24.9. The van der Waals surface area contributed by atoms with E-state index in [9.17, 15) is 44.9 Å². The minimum atomic E-state index is -5.04. The summed E-state index contributed by atoms with van der Waals surface area (Å²) in [6.45, 7) is 3.84. The SMILES string of the molecule is CCCCCCCCCCCCCCC(=O)N[C@@H](COP(=O)(O)OC1C(O)C(O)C(O)[C@@H](O)C1O)[C@H](O)CCCCCCCCCCCCC. The van der Waals surface area contributed by atoms with Crippen LogP contribution in [0.15, 0.2) is 0 Å². The van der Waals surface area contributed by atoms with Crippen molar-refractivity contribution in [1.82, 2.24) is 5.32 Å². The Labute approximate surface area is 302 Å². The molecule has 1 fully saturated rings. The lowest BCUT2D eigenvalue weighted by molar-refractivity contribution is -0.220. The van der Waals surface area contributed by atoms with Crippen LogP contribution in [0, 0.1) is 0 Å². The highest BCUT2D eigenvalue weighted by Crippen LogP contribution is 2.47. The second kappa shape index (κ2) is 28.8. The maximum Gasteiger partial charge on any atom is 0.472 e. The van der Waals surface area contributed by atoms with Crippen molar-refractivity contribution in [2.24, 2.45) is 0 Å². The molecule has 6 unspecified atom stereocenters. The minimum absolute atomic E-state index is 0.241. The molecule has 0 radical (unpaired) electrons. The van der Waals surface area contributed by atoms with Crippen LogP contribution in [-0.2, 0) is 18.4 Å². The van der Waals surface area contributed by atoms with E-state index in [1.807, 2.05) is 0 Å². The van der Waals surface area contributed by atoms with E-state index < -0.39 is 63.2 Å². The second-order valence-corrected chi connectivity index (χ2v) is 15.9. The zero-order valence-corrected chi connectivity index (χ0v) is 32.1. The lowest BCUT2D eigenvalue weighted by Gasteiger charge is -2.41. The van der Waals surface area contributed by atoms with Crippen LogP contribution in [0.3, 0.4) is 0 Å². The van der Waals surface area contributed by atoms with Crippen molar-refractivity contribution < 1.29 is 53.9 Å². The summed E-state index contributed by atoms with van der Waals surface area (Å²) in [5, 5.41) is 63.8. The van der Waals surface area contributed by atoms with E-state index in [1.165, 1.54) is 96.3 Å². The van der Waals surface area contributed by atoms with Gasteiger partial charge in [-0.1, -0.05) is 155 Å². The molecule has 50 heavy (non-hydrogen) atoms. The van der Waals surface area contributed by atoms with Gasteiger partial charge in [0.25, 0.3) is 0 Å². The first kappa shape index (κ1) is 47.4. The highest BCUT2D eigenvalue weighted by molar-refractivity contribution is 7.47. The van der Waals surface area contributed by atoms with Crippen molar-refractivity contribution in [2.45, 2.75) is 223 Å². The average Bonchev–Trinajstić information content (AvgIpc) is 3.09. The standard InChI is InChI=1S/C37H74NO11P/c1-3-5-7-9-11-13-15-17-19-21-23-25-27-31(40)38-29(30(39)26-24-22-20-18-16-14-12-10-8-6-4-2)28-48-50(46,47)49-37-35(44)33(42)32(41)34(43)36(37)45/h29-30,32-37,39,41-45H,3-28H2,1-2H3,(H,38,40)(H,46,47)/t29-,30+,32?,33+,34?,35?,36?,37?/m0/s1. The Morgan fingerprint density at radius 2 is 0.960 bits per heavy atom. The Balaban J connectivity index is 2.56. The summed E-state index contributed by atoms with van der Waals surface area (Å²) in [5.74, 6) is -0.310. The smallest absolute Gasteiger partial charge is 0.391 e. The van der Waals surface area contributed by atoms with Crippen LogP contribution in [0.25, 0.3) is 0 Å². The van der Waals surface area contributed by atoms with E-state index >= 15 is 0 Å². The first-order chi connectivity index (χ1) is 23.9. The number of carbonyl (C=O) groups excluding carboxylic acids is 1. The molecule has 1 amide bonds. The number of unbranched alkanes of at least 4 members (excludes halogenated alkanes) is 21. The van der Waals surface area contributed by atoms with Gasteiger partial charge in [-0.2, -0.15) is 0 Å². The fourth-order valence-electron chi connectivity index (χ4n) is 6.55. The number of nitrogens with one attached hydrogen (secondary N) is 1. The number of rotatable bonds is 32. The highest BCUT2D eigenvalue weighted by atomic mass is 31.2. The first-order valence-corrected chi connectivity index (χ1v) is 21.5. The third-order valence-electron chi connectivity index (χ3n) is 9.92. The molecule has 0 aromatic heterocycles. The maximum absolute atomic E-state index is 12.8. The molecular weight excluding hydrogens is 665 g/mol. The van der Waals surface area contributed by atoms with Crippen LogP contribution in [0.4, 0.5) is 0 Å². The molecule has 0 aromatic carbocycles. The molecule has 298 valence electrons. The molecule has 0 heterocycles. The number of carbonyl (C=O) groups is 1. The van der Waals surface area contributed by atoms with E-state index in [1.54, 1.807) is 0 Å². The molecule has 0 saturated heterocycles. The summed E-state index contributed by atoms with van der Waals surface area (Å²) in [6, 6.07) is -1.02. The molecule has 1 saturated carbocycles. The van der Waals surface area contributed by atoms with Gasteiger partial charge in [0.2, 0.25) is 5.91 Å². The largest absolute Gasteiger partial charge is 0.472 e. The number of phosphoric acid groups is 1. The van der Waals surface area contributed by atoms with Crippen LogP contribution in [0.5, 0.6) is 0 Å². The predicted molar refractivity (Wildman–Crippen MR) is 195 cm³/mol. The van der Waals surface area contributed by atoms with Crippen molar-refractivity contribution in [3.8, 4) is 0 Å². The molecule has 12 nitrogen and oxygen atoms in total. The van der Waals surface area contributed by atoms with Crippen molar-refractivity contribution >= 4 is 13.7 Å². The molecule has 0 spiro atoms. The maximum atomic E-state index is 12.8. The van der Waals surface area contributed by atoms with E-state index in [2.05, 4.69) is 19.2 Å². The Morgan fingerprint density at radius 3 is 1.38 bits per heavy atom. The van der Waals surface area contributed by atoms with Crippen LogP contribution in [0.2, 0.25) is 0 Å². The molecule has 1 rings (SSSR count). The quantitative estimate of drug-likeness (QED) is 0.0299. The zero-order chi connectivity index (χ0) is 37.2. The van der Waals surface area contributed by atoms with Crippen molar-refractivity contribution in [2.75, 3.05) is 6.61 Å². The van der Waals surface area contributed by atoms with Crippen LogP contribution >= 0.6 is 7.82 Å². The summed E-state index contributed by atoms with van der Waals surface area (Å²) >= 11 is 0. The highest BCUT2D eigenvalue weighted by Gasteiger charge is 2.51. The van der Waals surface area contributed by atoms with Crippen molar-refractivity contribution in [1.29, 1.82) is 0 Å². The number of amides is 1. The average molecular weight is 740 g/mol. The van der Waals surface area contributed by atoms with E-state index in [-0.39, 0.29) is 12.3 Å².